The van der Waals surface area contributed by atoms with Gasteiger partial charge in [-0.25, -0.2) is 0 Å². The minimum Gasteiger partial charge on any atom is -0.353 e. The van der Waals surface area contributed by atoms with Crippen molar-refractivity contribution in [2.24, 2.45) is 0 Å². The number of thioether (sulfide) groups is 1. The van der Waals surface area contributed by atoms with E-state index in [4.69, 9.17) is 0 Å². The second kappa shape index (κ2) is 6.66. The number of hydrogen-bond acceptors (Lipinski definition) is 2. The van der Waals surface area contributed by atoms with Crippen LogP contribution in [-0.4, -0.2) is 17.7 Å². The molecule has 20 heavy (non-hydrogen) atoms. The van der Waals surface area contributed by atoms with Crippen molar-refractivity contribution in [3.8, 4) is 0 Å². The van der Waals surface area contributed by atoms with Gasteiger partial charge in [0.1, 0.15) is 0 Å². The molecule has 2 nitrogen and oxygen atoms in total. The molecule has 1 aliphatic carbocycles. The molecule has 110 valence electrons. The molecule has 0 radical (unpaired) electrons. The predicted octanol–water partition coefficient (Wildman–Crippen LogP) is 4.07. The Morgan fingerprint density at radius 2 is 1.70 bits per heavy atom. The summed E-state index contributed by atoms with van der Waals surface area (Å²) >= 11 is 1.68. The molecule has 1 N–H and O–H groups in total. The van der Waals surface area contributed by atoms with Crippen molar-refractivity contribution in [1.29, 1.82) is 0 Å². The molecular formula is C17H25NOS. The summed E-state index contributed by atoms with van der Waals surface area (Å²) in [6, 6.07) is 2.65. The standard InChI is InChI=1S/C17H25NOS/c1-11-9-12(2)14(4)17(13(11)3)20-10-16(19)18-15-7-5-6-8-15/h9,15H,5-8,10H2,1-4H3,(H,18,19). The van der Waals surface area contributed by atoms with E-state index in [9.17, 15) is 4.79 Å². The Morgan fingerprint density at radius 3 is 2.25 bits per heavy atom. The first kappa shape index (κ1) is 15.4. The van der Waals surface area contributed by atoms with Crippen LogP contribution in [0.4, 0.5) is 0 Å². The lowest BCUT2D eigenvalue weighted by Gasteiger charge is -2.16. The van der Waals surface area contributed by atoms with Crippen LogP contribution in [0.1, 0.15) is 47.9 Å². The number of carbonyl (C=O) groups is 1. The molecule has 1 aromatic carbocycles. The van der Waals surface area contributed by atoms with Crippen LogP contribution in [0.2, 0.25) is 0 Å². The van der Waals surface area contributed by atoms with Crippen LogP contribution < -0.4 is 5.32 Å². The van der Waals surface area contributed by atoms with E-state index in [0.717, 1.165) is 12.8 Å². The first-order chi connectivity index (χ1) is 9.49. The largest absolute Gasteiger partial charge is 0.353 e. The quantitative estimate of drug-likeness (QED) is 0.847. The summed E-state index contributed by atoms with van der Waals surface area (Å²) in [4.78, 5) is 13.3. The Morgan fingerprint density at radius 1 is 1.15 bits per heavy atom. The van der Waals surface area contributed by atoms with Gasteiger partial charge in [-0.1, -0.05) is 18.9 Å². The number of aryl methyl sites for hydroxylation is 2. The smallest absolute Gasteiger partial charge is 0.230 e. The van der Waals surface area contributed by atoms with Crippen molar-refractivity contribution >= 4 is 17.7 Å². The summed E-state index contributed by atoms with van der Waals surface area (Å²) in [5.41, 5.74) is 5.25. The van der Waals surface area contributed by atoms with E-state index in [2.05, 4.69) is 39.1 Å². The SMILES string of the molecule is Cc1cc(C)c(C)c(SCC(=O)NC2CCCC2)c1C. The molecule has 1 aromatic rings. The minimum atomic E-state index is 0.180. The van der Waals surface area contributed by atoms with Crippen LogP contribution in [0.15, 0.2) is 11.0 Å². The zero-order chi connectivity index (χ0) is 14.7. The number of rotatable bonds is 4. The fraction of sp³-hybridized carbons (Fsp3) is 0.588. The van der Waals surface area contributed by atoms with Gasteiger partial charge in [-0.2, -0.15) is 0 Å². The molecule has 0 aromatic heterocycles. The topological polar surface area (TPSA) is 29.1 Å². The van der Waals surface area contributed by atoms with Gasteiger partial charge in [0, 0.05) is 10.9 Å². The highest BCUT2D eigenvalue weighted by Gasteiger charge is 2.17. The predicted molar refractivity (Wildman–Crippen MR) is 86.5 cm³/mol. The van der Waals surface area contributed by atoms with Gasteiger partial charge in [-0.3, -0.25) is 4.79 Å². The van der Waals surface area contributed by atoms with Crippen molar-refractivity contribution in [2.75, 3.05) is 5.75 Å². The summed E-state index contributed by atoms with van der Waals surface area (Å²) in [6.45, 7) is 8.59. The summed E-state index contributed by atoms with van der Waals surface area (Å²) in [5, 5.41) is 3.16. The lowest BCUT2D eigenvalue weighted by Crippen LogP contribution is -2.33. The molecule has 0 aliphatic heterocycles. The van der Waals surface area contributed by atoms with Gasteiger partial charge in [-0.05, 0) is 62.8 Å². The Labute approximate surface area is 126 Å². The number of carbonyl (C=O) groups excluding carboxylic acids is 1. The van der Waals surface area contributed by atoms with Crippen molar-refractivity contribution in [2.45, 2.75) is 64.3 Å². The van der Waals surface area contributed by atoms with Gasteiger partial charge in [0.2, 0.25) is 5.91 Å². The van der Waals surface area contributed by atoms with Crippen LogP contribution in [0.25, 0.3) is 0 Å². The van der Waals surface area contributed by atoms with Crippen LogP contribution in [0, 0.1) is 27.7 Å². The average molecular weight is 291 g/mol. The first-order valence-electron chi connectivity index (χ1n) is 7.48. The highest BCUT2D eigenvalue weighted by molar-refractivity contribution is 8.00. The molecule has 0 atom stereocenters. The maximum atomic E-state index is 12.0. The zero-order valence-corrected chi connectivity index (χ0v) is 13.8. The third-order valence-electron chi connectivity index (χ3n) is 4.37. The third-order valence-corrected chi connectivity index (χ3v) is 5.67. The Kier molecular flexibility index (Phi) is 5.14. The molecule has 3 heteroatoms. The van der Waals surface area contributed by atoms with Gasteiger partial charge in [-0.15, -0.1) is 11.8 Å². The number of nitrogens with one attached hydrogen (secondary N) is 1. The van der Waals surface area contributed by atoms with E-state index in [-0.39, 0.29) is 5.91 Å². The molecule has 1 amide bonds. The summed E-state index contributed by atoms with van der Waals surface area (Å²) in [5.74, 6) is 0.709. The van der Waals surface area contributed by atoms with Crippen LogP contribution in [-0.2, 0) is 4.79 Å². The molecule has 1 fully saturated rings. The molecule has 0 bridgehead atoms. The third kappa shape index (κ3) is 3.57. The lowest BCUT2D eigenvalue weighted by molar-refractivity contribution is -0.119. The number of hydrogen-bond donors (Lipinski definition) is 1. The van der Waals surface area contributed by atoms with Crippen LogP contribution in [0.5, 0.6) is 0 Å². The molecule has 0 spiro atoms. The van der Waals surface area contributed by atoms with Gasteiger partial charge < -0.3 is 5.32 Å². The molecule has 1 aliphatic rings. The fourth-order valence-electron chi connectivity index (χ4n) is 2.87. The van der Waals surface area contributed by atoms with E-state index in [0.29, 0.717) is 11.8 Å². The minimum absolute atomic E-state index is 0.180. The number of amides is 1. The average Bonchev–Trinajstić information content (AvgIpc) is 2.89. The monoisotopic (exact) mass is 291 g/mol. The van der Waals surface area contributed by atoms with E-state index in [1.54, 1.807) is 11.8 Å². The van der Waals surface area contributed by atoms with E-state index >= 15 is 0 Å². The molecule has 2 rings (SSSR count). The zero-order valence-electron chi connectivity index (χ0n) is 13.0. The highest BCUT2D eigenvalue weighted by Crippen LogP contribution is 2.30. The first-order valence-corrected chi connectivity index (χ1v) is 8.47. The normalized spacial score (nSPS) is 15.6. The van der Waals surface area contributed by atoms with Gasteiger partial charge in [0.05, 0.1) is 5.75 Å². The Balaban J connectivity index is 1.98. The van der Waals surface area contributed by atoms with E-state index < -0.39 is 0 Å². The molecule has 1 saturated carbocycles. The fourth-order valence-corrected chi connectivity index (χ4v) is 3.99. The molecule has 0 heterocycles. The maximum Gasteiger partial charge on any atom is 0.230 e. The summed E-state index contributed by atoms with van der Waals surface area (Å²) in [6.07, 6.45) is 4.82. The molecular weight excluding hydrogens is 266 g/mol. The molecule has 0 unspecified atom stereocenters. The summed E-state index contributed by atoms with van der Waals surface area (Å²) < 4.78 is 0. The van der Waals surface area contributed by atoms with Crippen LogP contribution >= 0.6 is 11.8 Å². The van der Waals surface area contributed by atoms with Crippen molar-refractivity contribution in [1.82, 2.24) is 5.32 Å². The van der Waals surface area contributed by atoms with Gasteiger partial charge >= 0.3 is 0 Å². The second-order valence-electron chi connectivity index (χ2n) is 5.93. The van der Waals surface area contributed by atoms with Crippen LogP contribution in [0.3, 0.4) is 0 Å². The maximum absolute atomic E-state index is 12.0. The lowest BCUT2D eigenvalue weighted by atomic mass is 10.0. The highest BCUT2D eigenvalue weighted by atomic mass is 32.2. The van der Waals surface area contributed by atoms with Crippen molar-refractivity contribution < 1.29 is 4.79 Å². The Hall–Kier alpha value is -0.960. The molecule has 0 saturated heterocycles. The summed E-state index contributed by atoms with van der Waals surface area (Å²) in [7, 11) is 0. The Bertz CT molecular complexity index is 478. The second-order valence-corrected chi connectivity index (χ2v) is 6.91. The number of benzene rings is 1. The van der Waals surface area contributed by atoms with Gasteiger partial charge in [0.15, 0.2) is 0 Å². The van der Waals surface area contributed by atoms with Gasteiger partial charge in [0.25, 0.3) is 0 Å². The van der Waals surface area contributed by atoms with Crippen molar-refractivity contribution in [3.05, 3.63) is 28.3 Å². The van der Waals surface area contributed by atoms with Crippen molar-refractivity contribution in [3.63, 3.8) is 0 Å². The van der Waals surface area contributed by atoms with E-state index in [1.165, 1.54) is 40.0 Å². The van der Waals surface area contributed by atoms with E-state index in [1.807, 2.05) is 0 Å².